The van der Waals surface area contributed by atoms with Gasteiger partial charge in [0, 0.05) is 47.6 Å². The third kappa shape index (κ3) is 4.43. The minimum Gasteiger partial charge on any atom is -0.368 e. The number of amides is 1. The smallest absolute Gasteiger partial charge is 0.233 e. The summed E-state index contributed by atoms with van der Waals surface area (Å²) in [6.45, 7) is 3.11. The van der Waals surface area contributed by atoms with E-state index in [0.717, 1.165) is 46.4 Å². The first-order valence-electron chi connectivity index (χ1n) is 7.65. The number of thioether (sulfide) groups is 1. The van der Waals surface area contributed by atoms with Gasteiger partial charge in [-0.2, -0.15) is 0 Å². The molecule has 4 nitrogen and oxygen atoms in total. The maximum Gasteiger partial charge on any atom is 0.233 e. The number of aromatic nitrogens is 1. The molecule has 2 heterocycles. The molecule has 0 radical (unpaired) electrons. The second-order valence-electron chi connectivity index (χ2n) is 5.43. The maximum atomic E-state index is 12.4. The van der Waals surface area contributed by atoms with Crippen LogP contribution in [-0.2, 0) is 4.79 Å². The van der Waals surface area contributed by atoms with E-state index in [-0.39, 0.29) is 5.91 Å². The highest BCUT2D eigenvalue weighted by Crippen LogP contribution is 2.25. The number of rotatable bonds is 4. The molecule has 0 spiro atoms. The van der Waals surface area contributed by atoms with Crippen molar-refractivity contribution < 1.29 is 4.79 Å². The lowest BCUT2D eigenvalue weighted by Crippen LogP contribution is -2.49. The fourth-order valence-electron chi connectivity index (χ4n) is 2.59. The quantitative estimate of drug-likeness (QED) is 0.694. The van der Waals surface area contributed by atoms with Crippen molar-refractivity contribution in [2.45, 2.75) is 5.03 Å². The van der Waals surface area contributed by atoms with Crippen molar-refractivity contribution in [3.63, 3.8) is 0 Å². The second-order valence-corrected chi connectivity index (χ2v) is 7.68. The number of piperazine rings is 1. The Hall–Kier alpha value is -1.24. The highest BCUT2D eigenvalue weighted by molar-refractivity contribution is 9.10. The van der Waals surface area contributed by atoms with E-state index in [0.29, 0.717) is 5.75 Å². The SMILES string of the molecule is O=C(CSc1ncccc1Br)N1CCN(c2cccc(Cl)c2)CC1. The van der Waals surface area contributed by atoms with Gasteiger partial charge in [-0.1, -0.05) is 29.4 Å². The monoisotopic (exact) mass is 425 g/mol. The Morgan fingerprint density at radius 2 is 2.00 bits per heavy atom. The van der Waals surface area contributed by atoms with Crippen molar-refractivity contribution in [3.8, 4) is 0 Å². The summed E-state index contributed by atoms with van der Waals surface area (Å²) >= 11 is 11.0. The van der Waals surface area contributed by atoms with Gasteiger partial charge in [0.15, 0.2) is 0 Å². The van der Waals surface area contributed by atoms with Crippen molar-refractivity contribution in [2.24, 2.45) is 0 Å². The van der Waals surface area contributed by atoms with Crippen LogP contribution in [0.4, 0.5) is 5.69 Å². The number of halogens is 2. The topological polar surface area (TPSA) is 36.4 Å². The van der Waals surface area contributed by atoms with Crippen LogP contribution in [0.3, 0.4) is 0 Å². The zero-order valence-corrected chi connectivity index (χ0v) is 16.1. The molecular weight excluding hydrogens is 410 g/mol. The standard InChI is InChI=1S/C17H17BrClN3OS/c18-15-5-2-6-20-17(15)24-12-16(23)22-9-7-21(8-10-22)14-4-1-3-13(19)11-14/h1-6,11H,7-10,12H2. The lowest BCUT2D eigenvalue weighted by molar-refractivity contribution is -0.128. The van der Waals surface area contributed by atoms with Crippen LogP contribution in [0.2, 0.25) is 5.02 Å². The number of nitrogens with zero attached hydrogens (tertiary/aromatic N) is 3. The van der Waals surface area contributed by atoms with Gasteiger partial charge < -0.3 is 9.80 Å². The molecule has 0 bridgehead atoms. The molecule has 0 saturated carbocycles. The van der Waals surface area contributed by atoms with Crippen LogP contribution in [0.5, 0.6) is 0 Å². The van der Waals surface area contributed by atoms with Crippen LogP contribution in [0.15, 0.2) is 52.1 Å². The van der Waals surface area contributed by atoms with E-state index >= 15 is 0 Å². The summed E-state index contributed by atoms with van der Waals surface area (Å²) in [6, 6.07) is 11.6. The first-order valence-corrected chi connectivity index (χ1v) is 9.81. The van der Waals surface area contributed by atoms with Gasteiger partial charge >= 0.3 is 0 Å². The molecule has 1 aliphatic heterocycles. The Balaban J connectivity index is 1.51. The minimum absolute atomic E-state index is 0.156. The zero-order chi connectivity index (χ0) is 16.9. The van der Waals surface area contributed by atoms with Gasteiger partial charge in [-0.05, 0) is 46.3 Å². The van der Waals surface area contributed by atoms with Gasteiger partial charge in [0.1, 0.15) is 5.03 Å². The van der Waals surface area contributed by atoms with E-state index in [1.54, 1.807) is 6.20 Å². The molecule has 0 unspecified atom stereocenters. The average Bonchev–Trinajstić information content (AvgIpc) is 2.61. The molecule has 1 aliphatic rings. The Morgan fingerprint density at radius 3 is 2.71 bits per heavy atom. The van der Waals surface area contributed by atoms with Crippen molar-refractivity contribution in [1.29, 1.82) is 0 Å². The number of pyridine rings is 1. The molecule has 1 amide bonds. The number of anilines is 1. The summed E-state index contributed by atoms with van der Waals surface area (Å²) in [7, 11) is 0. The van der Waals surface area contributed by atoms with E-state index in [1.807, 2.05) is 35.2 Å². The molecule has 24 heavy (non-hydrogen) atoms. The molecule has 1 saturated heterocycles. The predicted molar refractivity (Wildman–Crippen MR) is 103 cm³/mol. The molecule has 1 aromatic carbocycles. The molecule has 1 fully saturated rings. The van der Waals surface area contributed by atoms with Gasteiger partial charge in [0.2, 0.25) is 5.91 Å². The number of hydrogen-bond acceptors (Lipinski definition) is 4. The van der Waals surface area contributed by atoms with Gasteiger partial charge in [0.25, 0.3) is 0 Å². The van der Waals surface area contributed by atoms with Crippen molar-refractivity contribution in [3.05, 3.63) is 52.1 Å². The number of carbonyl (C=O) groups excluding carboxylic acids is 1. The van der Waals surface area contributed by atoms with Crippen LogP contribution >= 0.6 is 39.3 Å². The fourth-order valence-corrected chi connectivity index (χ4v) is 4.15. The number of carbonyl (C=O) groups is 1. The number of benzene rings is 1. The molecule has 1 aromatic heterocycles. The van der Waals surface area contributed by atoms with Crippen LogP contribution in [0.25, 0.3) is 0 Å². The molecule has 3 rings (SSSR count). The summed E-state index contributed by atoms with van der Waals surface area (Å²) < 4.78 is 0.925. The van der Waals surface area contributed by atoms with Crippen LogP contribution in [0.1, 0.15) is 0 Å². The largest absolute Gasteiger partial charge is 0.368 e. The van der Waals surface area contributed by atoms with E-state index in [1.165, 1.54) is 11.8 Å². The summed E-state index contributed by atoms with van der Waals surface area (Å²) in [6.07, 6.45) is 1.74. The van der Waals surface area contributed by atoms with E-state index in [9.17, 15) is 4.79 Å². The fraction of sp³-hybridized carbons (Fsp3) is 0.294. The van der Waals surface area contributed by atoms with E-state index < -0.39 is 0 Å². The van der Waals surface area contributed by atoms with Crippen molar-refractivity contribution in [1.82, 2.24) is 9.88 Å². The summed E-state index contributed by atoms with van der Waals surface area (Å²) in [4.78, 5) is 20.9. The zero-order valence-electron chi connectivity index (χ0n) is 13.0. The van der Waals surface area contributed by atoms with E-state index in [2.05, 4.69) is 31.9 Å². The van der Waals surface area contributed by atoms with Crippen LogP contribution in [-0.4, -0.2) is 47.7 Å². The van der Waals surface area contributed by atoms with Crippen molar-refractivity contribution in [2.75, 3.05) is 36.8 Å². The first-order chi connectivity index (χ1) is 11.6. The second kappa shape index (κ2) is 8.23. The minimum atomic E-state index is 0.156. The Bertz CT molecular complexity index is 722. The third-order valence-electron chi connectivity index (χ3n) is 3.86. The van der Waals surface area contributed by atoms with Gasteiger partial charge in [-0.3, -0.25) is 4.79 Å². The lowest BCUT2D eigenvalue weighted by Gasteiger charge is -2.36. The normalized spacial score (nSPS) is 14.8. The van der Waals surface area contributed by atoms with Gasteiger partial charge in [-0.25, -0.2) is 4.98 Å². The highest BCUT2D eigenvalue weighted by Gasteiger charge is 2.21. The lowest BCUT2D eigenvalue weighted by atomic mass is 10.2. The van der Waals surface area contributed by atoms with Gasteiger partial charge in [0.05, 0.1) is 5.75 Å². The average molecular weight is 427 g/mol. The highest BCUT2D eigenvalue weighted by atomic mass is 79.9. The first kappa shape index (κ1) is 17.6. The van der Waals surface area contributed by atoms with Crippen LogP contribution in [0, 0.1) is 0 Å². The Morgan fingerprint density at radius 1 is 1.21 bits per heavy atom. The molecule has 0 atom stereocenters. The summed E-state index contributed by atoms with van der Waals surface area (Å²) in [5.41, 5.74) is 1.11. The molecule has 126 valence electrons. The summed E-state index contributed by atoms with van der Waals surface area (Å²) in [5, 5.41) is 1.59. The summed E-state index contributed by atoms with van der Waals surface area (Å²) in [5.74, 6) is 0.565. The molecule has 7 heteroatoms. The Kier molecular flexibility index (Phi) is 6.03. The molecule has 2 aromatic rings. The molecular formula is C17H17BrClN3OS. The molecule has 0 aliphatic carbocycles. The van der Waals surface area contributed by atoms with Crippen LogP contribution < -0.4 is 4.90 Å². The van der Waals surface area contributed by atoms with Crippen molar-refractivity contribution >= 4 is 50.9 Å². The maximum absolute atomic E-state index is 12.4. The number of hydrogen-bond donors (Lipinski definition) is 0. The Labute approximate surface area is 159 Å². The van der Waals surface area contributed by atoms with E-state index in [4.69, 9.17) is 11.6 Å². The predicted octanol–water partition coefficient (Wildman–Crippen LogP) is 3.94. The van der Waals surface area contributed by atoms with Gasteiger partial charge in [-0.15, -0.1) is 0 Å². The third-order valence-corrected chi connectivity index (χ3v) is 5.99. The molecule has 0 N–H and O–H groups in total.